The van der Waals surface area contributed by atoms with Crippen LogP contribution in [-0.2, 0) is 19.1 Å². The van der Waals surface area contributed by atoms with Gasteiger partial charge < -0.3 is 9.47 Å². The molecule has 6 heteroatoms. The van der Waals surface area contributed by atoms with Crippen LogP contribution in [0.1, 0.15) is 29.8 Å². The number of carbonyl (C=O) groups excluding carboxylic acids is 3. The molecule has 2 aromatic carbocycles. The second-order valence-electron chi connectivity index (χ2n) is 6.33. The van der Waals surface area contributed by atoms with E-state index in [-0.39, 0.29) is 23.7 Å². The maximum Gasteiger partial charge on any atom is 0.340 e. The van der Waals surface area contributed by atoms with Crippen LogP contribution < -0.4 is 4.90 Å². The molecular weight excluding hydrogens is 370 g/mol. The SMILES string of the molecule is CCOC(=O)C1=C(C)N(c2ccccc2)C(=O)/C1=C/c1ccc(C(=O)OC)cc1. The number of para-hydroxylation sites is 1. The number of hydrogen-bond acceptors (Lipinski definition) is 5. The van der Waals surface area contributed by atoms with Gasteiger partial charge in [0.2, 0.25) is 0 Å². The second-order valence-corrected chi connectivity index (χ2v) is 6.33. The van der Waals surface area contributed by atoms with E-state index in [0.717, 1.165) is 0 Å². The molecule has 0 bridgehead atoms. The van der Waals surface area contributed by atoms with Gasteiger partial charge in [-0.15, -0.1) is 0 Å². The van der Waals surface area contributed by atoms with Crippen LogP contribution in [0.3, 0.4) is 0 Å². The van der Waals surface area contributed by atoms with E-state index in [9.17, 15) is 14.4 Å². The Morgan fingerprint density at radius 2 is 1.66 bits per heavy atom. The number of hydrogen-bond donors (Lipinski definition) is 0. The van der Waals surface area contributed by atoms with Crippen molar-refractivity contribution in [2.75, 3.05) is 18.6 Å². The number of methoxy groups -OCH3 is 1. The number of rotatable bonds is 5. The predicted octanol–water partition coefficient (Wildman–Crippen LogP) is 3.74. The highest BCUT2D eigenvalue weighted by atomic mass is 16.5. The molecule has 1 aliphatic heterocycles. The minimum Gasteiger partial charge on any atom is -0.465 e. The first-order chi connectivity index (χ1) is 14.0. The van der Waals surface area contributed by atoms with E-state index in [4.69, 9.17) is 9.47 Å². The lowest BCUT2D eigenvalue weighted by atomic mass is 10.0. The highest BCUT2D eigenvalue weighted by molar-refractivity contribution is 6.23. The lowest BCUT2D eigenvalue weighted by Gasteiger charge is -2.17. The summed E-state index contributed by atoms with van der Waals surface area (Å²) in [6, 6.07) is 15.7. The maximum absolute atomic E-state index is 13.2. The molecule has 0 aromatic heterocycles. The number of amides is 1. The minimum atomic E-state index is -0.547. The van der Waals surface area contributed by atoms with Crippen molar-refractivity contribution in [3.63, 3.8) is 0 Å². The Hall–Kier alpha value is -3.67. The number of allylic oxidation sites excluding steroid dienone is 1. The van der Waals surface area contributed by atoms with Crippen molar-refractivity contribution in [3.8, 4) is 0 Å². The smallest absolute Gasteiger partial charge is 0.340 e. The van der Waals surface area contributed by atoms with E-state index in [2.05, 4.69) is 0 Å². The fourth-order valence-electron chi connectivity index (χ4n) is 3.17. The van der Waals surface area contributed by atoms with Crippen molar-refractivity contribution < 1.29 is 23.9 Å². The molecule has 0 radical (unpaired) electrons. The fourth-order valence-corrected chi connectivity index (χ4v) is 3.17. The summed E-state index contributed by atoms with van der Waals surface area (Å²) in [5, 5.41) is 0. The van der Waals surface area contributed by atoms with Gasteiger partial charge in [0.25, 0.3) is 5.91 Å². The Kier molecular flexibility index (Phi) is 5.93. The summed E-state index contributed by atoms with van der Waals surface area (Å²) in [5.41, 5.74) is 2.73. The van der Waals surface area contributed by atoms with Crippen molar-refractivity contribution in [1.29, 1.82) is 0 Å². The molecule has 0 N–H and O–H groups in total. The molecule has 3 rings (SSSR count). The fraction of sp³-hybridized carbons (Fsp3) is 0.174. The summed E-state index contributed by atoms with van der Waals surface area (Å²) in [4.78, 5) is 38.9. The molecule has 0 atom stereocenters. The van der Waals surface area contributed by atoms with E-state index >= 15 is 0 Å². The zero-order valence-electron chi connectivity index (χ0n) is 16.5. The first-order valence-corrected chi connectivity index (χ1v) is 9.15. The average Bonchev–Trinajstić information content (AvgIpc) is 2.98. The third-order valence-electron chi connectivity index (χ3n) is 4.54. The molecule has 0 fully saturated rings. The molecule has 0 saturated heterocycles. The highest BCUT2D eigenvalue weighted by Gasteiger charge is 2.37. The highest BCUT2D eigenvalue weighted by Crippen LogP contribution is 2.35. The lowest BCUT2D eigenvalue weighted by Crippen LogP contribution is -2.24. The zero-order chi connectivity index (χ0) is 21.0. The van der Waals surface area contributed by atoms with Gasteiger partial charge in [0.1, 0.15) is 0 Å². The van der Waals surface area contributed by atoms with Crippen LogP contribution in [0.5, 0.6) is 0 Å². The van der Waals surface area contributed by atoms with Crippen LogP contribution >= 0.6 is 0 Å². The van der Waals surface area contributed by atoms with Crippen molar-refractivity contribution in [2.45, 2.75) is 13.8 Å². The molecule has 1 aliphatic rings. The second kappa shape index (κ2) is 8.56. The van der Waals surface area contributed by atoms with Crippen LogP contribution in [0.25, 0.3) is 6.08 Å². The summed E-state index contributed by atoms with van der Waals surface area (Å²) in [6.07, 6.45) is 1.63. The zero-order valence-corrected chi connectivity index (χ0v) is 16.5. The van der Waals surface area contributed by atoms with E-state index < -0.39 is 11.9 Å². The molecule has 0 unspecified atom stereocenters. The van der Waals surface area contributed by atoms with Gasteiger partial charge in [-0.3, -0.25) is 9.69 Å². The number of carbonyl (C=O) groups is 3. The topological polar surface area (TPSA) is 72.9 Å². The van der Waals surface area contributed by atoms with Crippen LogP contribution in [0.4, 0.5) is 5.69 Å². The maximum atomic E-state index is 13.2. The van der Waals surface area contributed by atoms with Crippen LogP contribution in [0.15, 0.2) is 71.4 Å². The molecule has 29 heavy (non-hydrogen) atoms. The van der Waals surface area contributed by atoms with Crippen molar-refractivity contribution in [3.05, 3.63) is 82.6 Å². The van der Waals surface area contributed by atoms with Gasteiger partial charge in [0.05, 0.1) is 30.4 Å². The molecule has 0 spiro atoms. The van der Waals surface area contributed by atoms with Gasteiger partial charge in [-0.25, -0.2) is 9.59 Å². The Balaban J connectivity index is 2.06. The Morgan fingerprint density at radius 1 is 1.00 bits per heavy atom. The third-order valence-corrected chi connectivity index (χ3v) is 4.54. The Labute approximate surface area is 169 Å². The number of esters is 2. The average molecular weight is 391 g/mol. The van der Waals surface area contributed by atoms with E-state index in [1.165, 1.54) is 12.0 Å². The Bertz CT molecular complexity index is 1000. The molecule has 148 valence electrons. The Morgan fingerprint density at radius 3 is 2.24 bits per heavy atom. The van der Waals surface area contributed by atoms with E-state index in [0.29, 0.717) is 22.5 Å². The quantitative estimate of drug-likeness (QED) is 0.573. The van der Waals surface area contributed by atoms with Crippen LogP contribution in [0, 0.1) is 0 Å². The van der Waals surface area contributed by atoms with Gasteiger partial charge in [0, 0.05) is 11.4 Å². The monoisotopic (exact) mass is 391 g/mol. The summed E-state index contributed by atoms with van der Waals surface area (Å²) >= 11 is 0. The molecule has 0 aliphatic carbocycles. The molecule has 2 aromatic rings. The molecule has 6 nitrogen and oxygen atoms in total. The van der Waals surface area contributed by atoms with Crippen molar-refractivity contribution in [1.82, 2.24) is 0 Å². The van der Waals surface area contributed by atoms with Crippen molar-refractivity contribution >= 4 is 29.6 Å². The number of ether oxygens (including phenoxy) is 2. The normalized spacial score (nSPS) is 15.1. The van der Waals surface area contributed by atoms with Gasteiger partial charge >= 0.3 is 11.9 Å². The molecular formula is C23H21NO5. The first-order valence-electron chi connectivity index (χ1n) is 9.15. The number of benzene rings is 2. The van der Waals surface area contributed by atoms with E-state index in [1.54, 1.807) is 56.3 Å². The third kappa shape index (κ3) is 3.96. The van der Waals surface area contributed by atoms with Gasteiger partial charge in [-0.2, -0.15) is 0 Å². The van der Waals surface area contributed by atoms with Crippen LogP contribution in [0.2, 0.25) is 0 Å². The largest absolute Gasteiger partial charge is 0.465 e. The summed E-state index contributed by atoms with van der Waals surface area (Å²) < 4.78 is 9.88. The molecule has 0 saturated carbocycles. The predicted molar refractivity (Wildman–Crippen MR) is 109 cm³/mol. The van der Waals surface area contributed by atoms with Crippen molar-refractivity contribution in [2.24, 2.45) is 0 Å². The van der Waals surface area contributed by atoms with Gasteiger partial charge in [0.15, 0.2) is 0 Å². The number of nitrogens with zero attached hydrogens (tertiary/aromatic N) is 1. The molecule has 1 heterocycles. The number of anilines is 1. The summed E-state index contributed by atoms with van der Waals surface area (Å²) in [6.45, 7) is 3.64. The van der Waals surface area contributed by atoms with Gasteiger partial charge in [-0.05, 0) is 49.8 Å². The van der Waals surface area contributed by atoms with Gasteiger partial charge in [-0.1, -0.05) is 30.3 Å². The summed E-state index contributed by atoms with van der Waals surface area (Å²) in [7, 11) is 1.31. The minimum absolute atomic E-state index is 0.205. The molecule has 1 amide bonds. The van der Waals surface area contributed by atoms with E-state index in [1.807, 2.05) is 18.2 Å². The van der Waals surface area contributed by atoms with Crippen LogP contribution in [-0.4, -0.2) is 31.6 Å². The lowest BCUT2D eigenvalue weighted by molar-refractivity contribution is -0.138. The first kappa shape index (κ1) is 20.1. The standard InChI is InChI=1S/C23H21NO5/c1-4-29-23(27)20-15(2)24(18-8-6-5-7-9-18)21(25)19(20)14-16-10-12-17(13-11-16)22(26)28-3/h5-14H,4H2,1-3H3/b19-14+. The summed E-state index contributed by atoms with van der Waals surface area (Å²) in [5.74, 6) is -1.30.